The number of methoxy groups -OCH3 is 1. The first-order valence-electron chi connectivity index (χ1n) is 4.39. The van der Waals surface area contributed by atoms with Crippen molar-refractivity contribution in [2.75, 3.05) is 13.4 Å². The van der Waals surface area contributed by atoms with Crippen LogP contribution in [0.1, 0.15) is 15.9 Å². The van der Waals surface area contributed by atoms with E-state index in [-0.39, 0.29) is 10.5 Å². The molecule has 0 heterocycles. The highest BCUT2D eigenvalue weighted by Gasteiger charge is 2.20. The molecule has 1 N–H and O–H groups in total. The minimum atomic E-state index is -3.56. The van der Waals surface area contributed by atoms with Gasteiger partial charge in [-0.15, -0.1) is 0 Å². The van der Waals surface area contributed by atoms with Crippen molar-refractivity contribution < 1.29 is 23.1 Å². The lowest BCUT2D eigenvalue weighted by Gasteiger charge is -2.09. The quantitative estimate of drug-likeness (QED) is 0.861. The monoisotopic (exact) mass is 244 g/mol. The van der Waals surface area contributed by atoms with Gasteiger partial charge in [0, 0.05) is 6.26 Å². The Labute approximate surface area is 93.6 Å². The summed E-state index contributed by atoms with van der Waals surface area (Å²) in [7, 11) is -2.17. The maximum atomic E-state index is 11.4. The van der Waals surface area contributed by atoms with Gasteiger partial charge in [0.05, 0.1) is 17.6 Å². The van der Waals surface area contributed by atoms with E-state index in [1.807, 2.05) is 0 Å². The molecular formula is C10H12O5S. The zero-order valence-electron chi connectivity index (χ0n) is 9.14. The van der Waals surface area contributed by atoms with Crippen molar-refractivity contribution in [2.45, 2.75) is 11.8 Å². The summed E-state index contributed by atoms with van der Waals surface area (Å²) >= 11 is 0. The van der Waals surface area contributed by atoms with E-state index in [0.717, 1.165) is 6.26 Å². The number of ether oxygens (including phenoxy) is 1. The highest BCUT2D eigenvalue weighted by atomic mass is 32.2. The van der Waals surface area contributed by atoms with Crippen molar-refractivity contribution in [3.63, 3.8) is 0 Å². The Hall–Kier alpha value is -1.56. The van der Waals surface area contributed by atoms with Crippen molar-refractivity contribution in [1.29, 1.82) is 0 Å². The number of hydrogen-bond donors (Lipinski definition) is 1. The van der Waals surface area contributed by atoms with Crippen LogP contribution >= 0.6 is 0 Å². The summed E-state index contributed by atoms with van der Waals surface area (Å²) in [5.74, 6) is -0.941. The second-order valence-corrected chi connectivity index (χ2v) is 5.38. The summed E-state index contributed by atoms with van der Waals surface area (Å²) in [6.45, 7) is 1.65. The van der Waals surface area contributed by atoms with Crippen molar-refractivity contribution in [3.8, 4) is 5.75 Å². The lowest BCUT2D eigenvalue weighted by molar-refractivity contribution is 0.0692. The van der Waals surface area contributed by atoms with Gasteiger partial charge in [-0.2, -0.15) is 0 Å². The fraction of sp³-hybridized carbons (Fsp3) is 0.300. The number of sulfone groups is 1. The van der Waals surface area contributed by atoms with Gasteiger partial charge >= 0.3 is 5.97 Å². The van der Waals surface area contributed by atoms with Gasteiger partial charge in [-0.05, 0) is 24.6 Å². The Morgan fingerprint density at radius 1 is 1.38 bits per heavy atom. The lowest BCUT2D eigenvalue weighted by atomic mass is 10.1. The van der Waals surface area contributed by atoms with Crippen LogP contribution in [-0.2, 0) is 9.84 Å². The van der Waals surface area contributed by atoms with Gasteiger partial charge in [-0.25, -0.2) is 13.2 Å². The molecule has 0 radical (unpaired) electrons. The predicted octanol–water partition coefficient (Wildman–Crippen LogP) is 1.11. The number of aryl methyl sites for hydroxylation is 1. The molecule has 16 heavy (non-hydrogen) atoms. The molecule has 0 amide bonds. The second-order valence-electron chi connectivity index (χ2n) is 3.40. The molecule has 0 saturated heterocycles. The molecule has 0 aliphatic rings. The minimum absolute atomic E-state index is 0.196. The summed E-state index contributed by atoms with van der Waals surface area (Å²) in [4.78, 5) is 10.7. The van der Waals surface area contributed by atoms with Gasteiger partial charge in [0.15, 0.2) is 9.84 Å². The third-order valence-electron chi connectivity index (χ3n) is 2.13. The second kappa shape index (κ2) is 4.13. The molecule has 0 aliphatic carbocycles. The molecule has 0 aromatic heterocycles. The average molecular weight is 244 g/mol. The first kappa shape index (κ1) is 12.5. The van der Waals surface area contributed by atoms with Gasteiger partial charge in [-0.3, -0.25) is 0 Å². The van der Waals surface area contributed by atoms with E-state index in [2.05, 4.69) is 0 Å². The summed E-state index contributed by atoms with van der Waals surface area (Å²) in [5, 5.41) is 8.92. The summed E-state index contributed by atoms with van der Waals surface area (Å²) < 4.78 is 27.8. The Kier molecular flexibility index (Phi) is 3.23. The average Bonchev–Trinajstić information content (AvgIpc) is 2.15. The molecule has 1 aromatic rings. The Balaban J connectivity index is 3.62. The highest BCUT2D eigenvalue weighted by molar-refractivity contribution is 7.90. The molecule has 0 saturated carbocycles. The van der Waals surface area contributed by atoms with Gasteiger partial charge < -0.3 is 9.84 Å². The van der Waals surface area contributed by atoms with Crippen LogP contribution in [0.3, 0.4) is 0 Å². The van der Waals surface area contributed by atoms with Gasteiger partial charge in [-0.1, -0.05) is 0 Å². The van der Waals surface area contributed by atoms with Crippen LogP contribution in [0.2, 0.25) is 0 Å². The van der Waals surface area contributed by atoms with Crippen LogP contribution in [-0.4, -0.2) is 32.9 Å². The molecular weight excluding hydrogens is 232 g/mol. The van der Waals surface area contributed by atoms with Crippen molar-refractivity contribution >= 4 is 15.8 Å². The number of hydrogen-bond acceptors (Lipinski definition) is 4. The summed E-state index contributed by atoms with van der Waals surface area (Å²) in [6.07, 6.45) is 0.973. The van der Waals surface area contributed by atoms with E-state index in [1.165, 1.54) is 19.2 Å². The van der Waals surface area contributed by atoms with Gasteiger partial charge in [0.25, 0.3) is 0 Å². The molecule has 0 aliphatic heterocycles. The minimum Gasteiger partial charge on any atom is -0.496 e. The summed E-state index contributed by atoms with van der Waals surface area (Å²) in [5.41, 5.74) is 0.304. The smallest absolute Gasteiger partial charge is 0.337 e. The Morgan fingerprint density at radius 2 is 1.94 bits per heavy atom. The third kappa shape index (κ3) is 2.33. The van der Waals surface area contributed by atoms with Gasteiger partial charge in [0.2, 0.25) is 0 Å². The largest absolute Gasteiger partial charge is 0.496 e. The zero-order valence-corrected chi connectivity index (χ0v) is 9.96. The van der Waals surface area contributed by atoms with Crippen LogP contribution in [0.5, 0.6) is 5.75 Å². The molecule has 0 fully saturated rings. The first-order chi connectivity index (χ1) is 7.27. The molecule has 1 aromatic carbocycles. The van der Waals surface area contributed by atoms with Crippen LogP contribution in [0.15, 0.2) is 17.0 Å². The molecule has 5 nitrogen and oxygen atoms in total. The van der Waals surface area contributed by atoms with Crippen molar-refractivity contribution in [1.82, 2.24) is 0 Å². The van der Waals surface area contributed by atoms with Crippen molar-refractivity contribution in [2.24, 2.45) is 0 Å². The van der Waals surface area contributed by atoms with Gasteiger partial charge in [0.1, 0.15) is 5.75 Å². The van der Waals surface area contributed by atoms with Crippen LogP contribution in [0.4, 0.5) is 0 Å². The standard InChI is InChI=1S/C10H12O5S/c1-6-4-9(16(3,13)14)7(10(11)12)5-8(6)15-2/h4-5H,1-3H3,(H,11,12). The Bertz CT molecular complexity index is 530. The SMILES string of the molecule is COc1cc(C(=O)O)c(S(C)(=O)=O)cc1C. The molecule has 0 spiro atoms. The fourth-order valence-electron chi connectivity index (χ4n) is 1.36. The van der Waals surface area contributed by atoms with Crippen LogP contribution < -0.4 is 4.74 Å². The fourth-order valence-corrected chi connectivity index (χ4v) is 2.29. The number of carboxylic acids is 1. The molecule has 88 valence electrons. The molecule has 6 heteroatoms. The molecule has 0 bridgehead atoms. The molecule has 0 unspecified atom stereocenters. The van der Waals surface area contributed by atoms with E-state index >= 15 is 0 Å². The summed E-state index contributed by atoms with van der Waals surface area (Å²) in [6, 6.07) is 2.52. The van der Waals surface area contributed by atoms with E-state index in [4.69, 9.17) is 9.84 Å². The zero-order chi connectivity index (χ0) is 12.5. The maximum Gasteiger partial charge on any atom is 0.337 e. The van der Waals surface area contributed by atoms with Crippen LogP contribution in [0.25, 0.3) is 0 Å². The number of rotatable bonds is 3. The topological polar surface area (TPSA) is 80.7 Å². The van der Waals surface area contributed by atoms with Crippen molar-refractivity contribution in [3.05, 3.63) is 23.3 Å². The first-order valence-corrected chi connectivity index (χ1v) is 6.28. The van der Waals surface area contributed by atoms with Crippen LogP contribution in [0, 0.1) is 6.92 Å². The predicted molar refractivity (Wildman–Crippen MR) is 57.8 cm³/mol. The van der Waals surface area contributed by atoms with E-state index in [1.54, 1.807) is 6.92 Å². The third-order valence-corrected chi connectivity index (χ3v) is 3.26. The van der Waals surface area contributed by atoms with E-state index in [0.29, 0.717) is 11.3 Å². The number of carbonyl (C=O) groups is 1. The van der Waals surface area contributed by atoms with E-state index in [9.17, 15) is 13.2 Å². The van der Waals surface area contributed by atoms with E-state index < -0.39 is 15.8 Å². The molecule has 1 rings (SSSR count). The Morgan fingerprint density at radius 3 is 2.31 bits per heavy atom. The normalized spacial score (nSPS) is 11.2. The highest BCUT2D eigenvalue weighted by Crippen LogP contribution is 2.26. The lowest BCUT2D eigenvalue weighted by Crippen LogP contribution is -2.08. The number of benzene rings is 1. The number of aromatic carboxylic acids is 1. The molecule has 0 atom stereocenters. The maximum absolute atomic E-state index is 11.4. The number of carboxylic acid groups (broad SMARTS) is 1.